The van der Waals surface area contributed by atoms with Crippen molar-refractivity contribution in [2.45, 2.75) is 32.5 Å². The van der Waals surface area contributed by atoms with Crippen molar-refractivity contribution >= 4 is 29.1 Å². The van der Waals surface area contributed by atoms with E-state index < -0.39 is 5.82 Å². The summed E-state index contributed by atoms with van der Waals surface area (Å²) in [6.45, 7) is 5.74. The van der Waals surface area contributed by atoms with Gasteiger partial charge in [-0.25, -0.2) is 4.39 Å². The number of carbonyl (C=O) groups excluding carboxylic acids is 2. The van der Waals surface area contributed by atoms with E-state index in [1.165, 1.54) is 30.8 Å². The van der Waals surface area contributed by atoms with E-state index in [0.717, 1.165) is 17.4 Å². The van der Waals surface area contributed by atoms with Crippen LogP contribution >= 0.6 is 11.8 Å². The van der Waals surface area contributed by atoms with Crippen LogP contribution in [0, 0.1) is 12.7 Å². The zero-order chi connectivity index (χ0) is 20.3. The van der Waals surface area contributed by atoms with Gasteiger partial charge in [0.1, 0.15) is 11.6 Å². The fourth-order valence-electron chi connectivity index (χ4n) is 2.73. The molecule has 28 heavy (non-hydrogen) atoms. The van der Waals surface area contributed by atoms with E-state index in [1.54, 1.807) is 6.26 Å². The standard InChI is InChI=1S/C19H19FN4O3S/c1-4-24-18(14-7-8-27-11(14)2)22-23-19(24)28-10-17(26)15-6-5-13(9-16(15)20)21-12(3)25/h5-9H,4,10H2,1-3H3,(H,21,25). The molecule has 0 radical (unpaired) electrons. The maximum absolute atomic E-state index is 14.2. The lowest BCUT2D eigenvalue weighted by atomic mass is 10.1. The predicted molar refractivity (Wildman–Crippen MR) is 104 cm³/mol. The molecule has 0 saturated carbocycles. The molecule has 1 aromatic carbocycles. The number of hydrogen-bond donors (Lipinski definition) is 1. The Hall–Kier alpha value is -2.94. The molecule has 0 aliphatic heterocycles. The second-order valence-electron chi connectivity index (χ2n) is 6.03. The van der Waals surface area contributed by atoms with E-state index in [1.807, 2.05) is 24.5 Å². The second kappa shape index (κ2) is 8.39. The average Bonchev–Trinajstić information content (AvgIpc) is 3.24. The van der Waals surface area contributed by atoms with Crippen molar-refractivity contribution in [2.75, 3.05) is 11.1 Å². The van der Waals surface area contributed by atoms with Crippen LogP contribution in [0.1, 0.15) is 30.0 Å². The fraction of sp³-hybridized carbons (Fsp3) is 0.263. The third-order valence-corrected chi connectivity index (χ3v) is 5.02. The Labute approximate surface area is 165 Å². The molecule has 0 spiro atoms. The van der Waals surface area contributed by atoms with Crippen LogP contribution in [-0.2, 0) is 11.3 Å². The molecule has 3 rings (SSSR count). The van der Waals surface area contributed by atoms with Crippen molar-refractivity contribution in [3.05, 3.63) is 47.7 Å². The number of carbonyl (C=O) groups is 2. The second-order valence-corrected chi connectivity index (χ2v) is 6.97. The molecule has 0 aliphatic carbocycles. The van der Waals surface area contributed by atoms with E-state index in [4.69, 9.17) is 4.42 Å². The molecular weight excluding hydrogens is 383 g/mol. The van der Waals surface area contributed by atoms with Crippen LogP contribution in [0.15, 0.2) is 40.1 Å². The van der Waals surface area contributed by atoms with Crippen molar-refractivity contribution in [2.24, 2.45) is 0 Å². The van der Waals surface area contributed by atoms with Gasteiger partial charge in [-0.1, -0.05) is 11.8 Å². The molecule has 2 aromatic heterocycles. The number of furan rings is 1. The normalized spacial score (nSPS) is 10.9. The summed E-state index contributed by atoms with van der Waals surface area (Å²) in [5.41, 5.74) is 1.11. The summed E-state index contributed by atoms with van der Waals surface area (Å²) in [5.74, 6) is 0.0492. The number of ketones is 1. The molecule has 146 valence electrons. The SMILES string of the molecule is CCn1c(SCC(=O)c2ccc(NC(C)=O)cc2F)nnc1-c1ccoc1C. The zero-order valence-electron chi connectivity index (χ0n) is 15.7. The van der Waals surface area contributed by atoms with Gasteiger partial charge < -0.3 is 14.3 Å². The first-order valence-electron chi connectivity index (χ1n) is 8.61. The first kappa shape index (κ1) is 19.8. The van der Waals surface area contributed by atoms with Crippen molar-refractivity contribution in [3.8, 4) is 11.4 Å². The van der Waals surface area contributed by atoms with Crippen LogP contribution in [0.2, 0.25) is 0 Å². The molecule has 0 saturated heterocycles. The third-order valence-electron chi connectivity index (χ3n) is 4.06. The smallest absolute Gasteiger partial charge is 0.221 e. The number of Topliss-reactive ketones (excluding diaryl/α,β-unsaturated/α-hetero) is 1. The maximum atomic E-state index is 14.2. The Morgan fingerprint density at radius 3 is 2.68 bits per heavy atom. The quantitative estimate of drug-likeness (QED) is 0.476. The molecule has 1 N–H and O–H groups in total. The number of aryl methyl sites for hydroxylation is 1. The van der Waals surface area contributed by atoms with Gasteiger partial charge >= 0.3 is 0 Å². The number of halogens is 1. The number of thioether (sulfide) groups is 1. The summed E-state index contributed by atoms with van der Waals surface area (Å²) < 4.78 is 21.4. The van der Waals surface area contributed by atoms with E-state index in [9.17, 15) is 14.0 Å². The molecule has 9 heteroatoms. The molecule has 7 nitrogen and oxygen atoms in total. The Balaban J connectivity index is 1.74. The Morgan fingerprint density at radius 1 is 1.29 bits per heavy atom. The highest BCUT2D eigenvalue weighted by atomic mass is 32.2. The molecule has 1 amide bonds. The number of amides is 1. The highest BCUT2D eigenvalue weighted by Gasteiger charge is 2.19. The van der Waals surface area contributed by atoms with Crippen LogP contribution in [0.5, 0.6) is 0 Å². The fourth-order valence-corrected chi connectivity index (χ4v) is 3.61. The minimum absolute atomic E-state index is 0.0128. The summed E-state index contributed by atoms with van der Waals surface area (Å²) >= 11 is 1.19. The van der Waals surface area contributed by atoms with E-state index >= 15 is 0 Å². The van der Waals surface area contributed by atoms with Crippen molar-refractivity contribution in [1.29, 1.82) is 0 Å². The lowest BCUT2D eigenvalue weighted by molar-refractivity contribution is -0.114. The molecule has 0 bridgehead atoms. The molecule has 0 atom stereocenters. The van der Waals surface area contributed by atoms with Crippen LogP contribution in [0.3, 0.4) is 0 Å². The van der Waals surface area contributed by atoms with Crippen molar-refractivity contribution in [3.63, 3.8) is 0 Å². The third kappa shape index (κ3) is 4.14. The van der Waals surface area contributed by atoms with Crippen molar-refractivity contribution in [1.82, 2.24) is 14.8 Å². The molecule has 0 aliphatic rings. The van der Waals surface area contributed by atoms with Crippen LogP contribution < -0.4 is 5.32 Å². The number of benzene rings is 1. The van der Waals surface area contributed by atoms with Gasteiger partial charge in [-0.3, -0.25) is 9.59 Å². The van der Waals surface area contributed by atoms with Gasteiger partial charge in [0.15, 0.2) is 16.8 Å². The largest absolute Gasteiger partial charge is 0.469 e. The molecule has 0 fully saturated rings. The minimum Gasteiger partial charge on any atom is -0.469 e. The molecular formula is C19H19FN4O3S. The summed E-state index contributed by atoms with van der Waals surface area (Å²) in [4.78, 5) is 23.5. The number of aromatic nitrogens is 3. The van der Waals surface area contributed by atoms with Gasteiger partial charge in [0, 0.05) is 19.2 Å². The number of hydrogen-bond acceptors (Lipinski definition) is 6. The Bertz CT molecular complexity index is 1030. The highest BCUT2D eigenvalue weighted by Crippen LogP contribution is 2.27. The first-order valence-corrected chi connectivity index (χ1v) is 9.60. The molecule has 0 unspecified atom stereocenters. The van der Waals surface area contributed by atoms with Gasteiger partial charge in [-0.05, 0) is 38.1 Å². The van der Waals surface area contributed by atoms with Crippen LogP contribution in [-0.4, -0.2) is 32.2 Å². The van der Waals surface area contributed by atoms with E-state index in [-0.39, 0.29) is 23.0 Å². The van der Waals surface area contributed by atoms with Gasteiger partial charge in [-0.2, -0.15) is 0 Å². The average molecular weight is 402 g/mol. The van der Waals surface area contributed by atoms with Gasteiger partial charge in [-0.15, -0.1) is 10.2 Å². The molecule has 2 heterocycles. The lowest BCUT2D eigenvalue weighted by Crippen LogP contribution is -2.09. The summed E-state index contributed by atoms with van der Waals surface area (Å²) in [6, 6.07) is 5.82. The monoisotopic (exact) mass is 402 g/mol. The summed E-state index contributed by atoms with van der Waals surface area (Å²) in [7, 11) is 0. The van der Waals surface area contributed by atoms with Crippen molar-refractivity contribution < 1.29 is 18.4 Å². The summed E-state index contributed by atoms with van der Waals surface area (Å²) in [6.07, 6.45) is 1.59. The maximum Gasteiger partial charge on any atom is 0.221 e. The number of rotatable bonds is 7. The number of nitrogens with one attached hydrogen (secondary N) is 1. The number of nitrogens with zero attached hydrogens (tertiary/aromatic N) is 3. The first-order chi connectivity index (χ1) is 13.4. The minimum atomic E-state index is -0.677. The lowest BCUT2D eigenvalue weighted by Gasteiger charge is -2.08. The van der Waals surface area contributed by atoms with Crippen LogP contribution in [0.25, 0.3) is 11.4 Å². The Kier molecular flexibility index (Phi) is 5.93. The van der Waals surface area contributed by atoms with E-state index in [0.29, 0.717) is 23.2 Å². The number of anilines is 1. The van der Waals surface area contributed by atoms with Crippen LogP contribution in [0.4, 0.5) is 10.1 Å². The predicted octanol–water partition coefficient (Wildman–Crippen LogP) is 3.94. The van der Waals surface area contributed by atoms with Gasteiger partial charge in [0.2, 0.25) is 5.91 Å². The highest BCUT2D eigenvalue weighted by molar-refractivity contribution is 7.99. The summed E-state index contributed by atoms with van der Waals surface area (Å²) in [5, 5.41) is 11.4. The molecule has 3 aromatic rings. The van der Waals surface area contributed by atoms with Gasteiger partial charge in [0.25, 0.3) is 0 Å². The zero-order valence-corrected chi connectivity index (χ0v) is 16.5. The van der Waals surface area contributed by atoms with E-state index in [2.05, 4.69) is 15.5 Å². The Morgan fingerprint density at radius 2 is 2.07 bits per heavy atom. The van der Waals surface area contributed by atoms with Gasteiger partial charge in [0.05, 0.1) is 23.1 Å². The topological polar surface area (TPSA) is 90.0 Å².